The van der Waals surface area contributed by atoms with E-state index in [2.05, 4.69) is 12.2 Å². The number of nitrogens with two attached hydrogens (primary N) is 1. The normalized spacial score (nSPS) is 33.4. The summed E-state index contributed by atoms with van der Waals surface area (Å²) in [6, 6.07) is 0.611. The van der Waals surface area contributed by atoms with Crippen LogP contribution in [0, 0.1) is 0 Å². The molecule has 0 amide bonds. The lowest BCUT2D eigenvalue weighted by Gasteiger charge is -2.40. The van der Waals surface area contributed by atoms with E-state index in [1.165, 1.54) is 0 Å². The first kappa shape index (κ1) is 12.3. The fourth-order valence-electron chi connectivity index (χ4n) is 2.41. The van der Waals surface area contributed by atoms with E-state index < -0.39 is 0 Å². The van der Waals surface area contributed by atoms with Crippen molar-refractivity contribution in [3.8, 4) is 0 Å². The number of rotatable bonds is 5. The van der Waals surface area contributed by atoms with Crippen LogP contribution in [0.15, 0.2) is 0 Å². The Labute approximate surface area is 97.9 Å². The van der Waals surface area contributed by atoms with Crippen molar-refractivity contribution in [1.82, 2.24) is 5.32 Å². The molecule has 3 N–H and O–H groups in total. The summed E-state index contributed by atoms with van der Waals surface area (Å²) in [6.07, 6.45) is 4.70. The van der Waals surface area contributed by atoms with E-state index >= 15 is 0 Å². The molecule has 0 atom stereocenters. The van der Waals surface area contributed by atoms with Crippen molar-refractivity contribution in [2.24, 2.45) is 5.73 Å². The molecule has 0 spiro atoms. The summed E-state index contributed by atoms with van der Waals surface area (Å²) in [5.41, 5.74) is 6.26. The second-order valence-electron chi connectivity index (χ2n) is 5.10. The van der Waals surface area contributed by atoms with Crippen LogP contribution in [0.1, 0.15) is 32.6 Å². The van der Waals surface area contributed by atoms with Gasteiger partial charge in [0.25, 0.3) is 0 Å². The lowest BCUT2D eigenvalue weighted by molar-refractivity contribution is -0.0135. The highest BCUT2D eigenvalue weighted by atomic mass is 16.5. The third kappa shape index (κ3) is 3.17. The van der Waals surface area contributed by atoms with Gasteiger partial charge in [-0.1, -0.05) is 0 Å². The van der Waals surface area contributed by atoms with E-state index in [-0.39, 0.29) is 5.54 Å². The molecule has 2 aliphatic rings. The third-order valence-electron chi connectivity index (χ3n) is 3.73. The molecule has 2 rings (SSSR count). The standard InChI is InChI=1S/C12H24N2O2/c1-2-16-11-7-10(8-11)14-9-12(13)3-5-15-6-4-12/h10-11,14H,2-9,13H2,1H3. The summed E-state index contributed by atoms with van der Waals surface area (Å²) in [5.74, 6) is 0. The molecule has 0 bridgehead atoms. The van der Waals surface area contributed by atoms with Crippen LogP contribution in [0.4, 0.5) is 0 Å². The molecule has 0 aromatic carbocycles. The zero-order valence-corrected chi connectivity index (χ0v) is 10.2. The van der Waals surface area contributed by atoms with Crippen molar-refractivity contribution in [1.29, 1.82) is 0 Å². The Bertz CT molecular complexity index is 211. The molecule has 16 heavy (non-hydrogen) atoms. The van der Waals surface area contributed by atoms with Gasteiger partial charge in [-0.15, -0.1) is 0 Å². The predicted molar refractivity (Wildman–Crippen MR) is 63.4 cm³/mol. The average molecular weight is 228 g/mol. The van der Waals surface area contributed by atoms with Crippen LogP contribution in [0.25, 0.3) is 0 Å². The van der Waals surface area contributed by atoms with Gasteiger partial charge in [0.2, 0.25) is 0 Å². The first-order valence-corrected chi connectivity index (χ1v) is 6.43. The molecular formula is C12H24N2O2. The quantitative estimate of drug-likeness (QED) is 0.725. The largest absolute Gasteiger partial charge is 0.381 e. The zero-order chi connectivity index (χ0) is 11.4. The molecule has 0 aromatic heterocycles. The second kappa shape index (κ2) is 5.45. The van der Waals surface area contributed by atoms with Gasteiger partial charge in [0.1, 0.15) is 0 Å². The Balaban J connectivity index is 1.61. The molecule has 1 saturated heterocycles. The number of ether oxygens (including phenoxy) is 2. The minimum absolute atomic E-state index is 0.0467. The van der Waals surface area contributed by atoms with Crippen molar-refractivity contribution in [2.45, 2.75) is 50.3 Å². The first-order valence-electron chi connectivity index (χ1n) is 6.43. The van der Waals surface area contributed by atoms with Crippen LogP contribution in [-0.4, -0.2) is 44.1 Å². The zero-order valence-electron chi connectivity index (χ0n) is 10.2. The first-order chi connectivity index (χ1) is 7.72. The Hall–Kier alpha value is -0.160. The fourth-order valence-corrected chi connectivity index (χ4v) is 2.41. The maximum Gasteiger partial charge on any atom is 0.0604 e. The summed E-state index contributed by atoms with van der Waals surface area (Å²) < 4.78 is 10.9. The molecule has 1 aliphatic heterocycles. The Kier molecular flexibility index (Phi) is 4.19. The predicted octanol–water partition coefficient (Wildman–Crippen LogP) is 0.651. The van der Waals surface area contributed by atoms with Gasteiger partial charge in [0, 0.05) is 37.9 Å². The van der Waals surface area contributed by atoms with E-state index in [9.17, 15) is 0 Å². The van der Waals surface area contributed by atoms with Crippen LogP contribution >= 0.6 is 0 Å². The SMILES string of the molecule is CCOC1CC(NCC2(N)CCOCC2)C1. The molecule has 2 fully saturated rings. The minimum Gasteiger partial charge on any atom is -0.381 e. The lowest BCUT2D eigenvalue weighted by Crippen LogP contribution is -2.56. The maximum atomic E-state index is 6.31. The van der Waals surface area contributed by atoms with Gasteiger partial charge in [-0.3, -0.25) is 0 Å². The van der Waals surface area contributed by atoms with Crippen molar-refractivity contribution in [3.05, 3.63) is 0 Å². The molecule has 0 unspecified atom stereocenters. The van der Waals surface area contributed by atoms with Gasteiger partial charge < -0.3 is 20.5 Å². The molecule has 94 valence electrons. The van der Waals surface area contributed by atoms with Crippen molar-refractivity contribution in [3.63, 3.8) is 0 Å². The Morgan fingerprint density at radius 3 is 2.69 bits per heavy atom. The van der Waals surface area contributed by atoms with Crippen LogP contribution < -0.4 is 11.1 Å². The summed E-state index contributed by atoms with van der Waals surface area (Å²) in [5, 5.41) is 3.56. The number of hydrogen-bond donors (Lipinski definition) is 2. The molecule has 4 heteroatoms. The van der Waals surface area contributed by atoms with E-state index in [1.54, 1.807) is 0 Å². The van der Waals surface area contributed by atoms with Crippen LogP contribution in [-0.2, 0) is 9.47 Å². The van der Waals surface area contributed by atoms with Crippen molar-refractivity contribution < 1.29 is 9.47 Å². The molecule has 1 heterocycles. The van der Waals surface area contributed by atoms with Gasteiger partial charge >= 0.3 is 0 Å². The third-order valence-corrected chi connectivity index (χ3v) is 3.73. The van der Waals surface area contributed by atoms with Gasteiger partial charge in [0.15, 0.2) is 0 Å². The highest BCUT2D eigenvalue weighted by Gasteiger charge is 2.33. The highest BCUT2D eigenvalue weighted by Crippen LogP contribution is 2.24. The second-order valence-corrected chi connectivity index (χ2v) is 5.10. The van der Waals surface area contributed by atoms with Gasteiger partial charge in [-0.2, -0.15) is 0 Å². The summed E-state index contributed by atoms with van der Waals surface area (Å²) in [7, 11) is 0. The van der Waals surface area contributed by atoms with Crippen LogP contribution in [0.3, 0.4) is 0 Å². The molecule has 4 nitrogen and oxygen atoms in total. The highest BCUT2D eigenvalue weighted by molar-refractivity contribution is 4.93. The smallest absolute Gasteiger partial charge is 0.0604 e. The van der Waals surface area contributed by atoms with Gasteiger partial charge in [-0.05, 0) is 32.6 Å². The summed E-state index contributed by atoms with van der Waals surface area (Å²) in [6.45, 7) is 5.42. The molecule has 1 aliphatic carbocycles. The monoisotopic (exact) mass is 228 g/mol. The maximum absolute atomic E-state index is 6.31. The van der Waals surface area contributed by atoms with Crippen molar-refractivity contribution in [2.75, 3.05) is 26.4 Å². The molecule has 0 radical (unpaired) electrons. The number of hydrogen-bond acceptors (Lipinski definition) is 4. The Morgan fingerprint density at radius 2 is 2.06 bits per heavy atom. The van der Waals surface area contributed by atoms with Gasteiger partial charge in [0.05, 0.1) is 6.10 Å². The van der Waals surface area contributed by atoms with Crippen molar-refractivity contribution >= 4 is 0 Å². The average Bonchev–Trinajstić information content (AvgIpc) is 2.22. The van der Waals surface area contributed by atoms with E-state index in [1.807, 2.05) is 0 Å². The van der Waals surface area contributed by atoms with Crippen LogP contribution in [0.5, 0.6) is 0 Å². The molecule has 0 aromatic rings. The fraction of sp³-hybridized carbons (Fsp3) is 1.00. The topological polar surface area (TPSA) is 56.5 Å². The summed E-state index contributed by atoms with van der Waals surface area (Å²) in [4.78, 5) is 0. The number of nitrogens with one attached hydrogen (secondary N) is 1. The summed E-state index contributed by atoms with van der Waals surface area (Å²) >= 11 is 0. The Morgan fingerprint density at radius 1 is 1.38 bits per heavy atom. The molecule has 1 saturated carbocycles. The van der Waals surface area contributed by atoms with Gasteiger partial charge in [-0.25, -0.2) is 0 Å². The van der Waals surface area contributed by atoms with E-state index in [4.69, 9.17) is 15.2 Å². The van der Waals surface area contributed by atoms with E-state index in [0.717, 1.165) is 52.0 Å². The van der Waals surface area contributed by atoms with Crippen LogP contribution in [0.2, 0.25) is 0 Å². The molecular weight excluding hydrogens is 204 g/mol. The minimum atomic E-state index is -0.0467. The van der Waals surface area contributed by atoms with E-state index in [0.29, 0.717) is 12.1 Å². The lowest BCUT2D eigenvalue weighted by atomic mass is 9.86.